The van der Waals surface area contributed by atoms with Gasteiger partial charge in [-0.25, -0.2) is 4.39 Å². The van der Waals surface area contributed by atoms with Crippen molar-refractivity contribution in [3.05, 3.63) is 54.1 Å². The molecule has 0 spiro atoms. The number of nitrogens with zero attached hydrogens (tertiary/aromatic N) is 2. The number of likely N-dealkylation sites (N-methyl/N-ethyl adjacent to an activating group) is 1. The van der Waals surface area contributed by atoms with Crippen molar-refractivity contribution in [3.8, 4) is 11.1 Å². The van der Waals surface area contributed by atoms with Gasteiger partial charge in [-0.05, 0) is 24.1 Å². The Labute approximate surface area is 189 Å². The van der Waals surface area contributed by atoms with Crippen LogP contribution in [0.1, 0.15) is 18.5 Å². The summed E-state index contributed by atoms with van der Waals surface area (Å²) in [4.78, 5) is 38.6. The molecular formula is C22H19F6N3O3. The summed E-state index contributed by atoms with van der Waals surface area (Å²) in [6.45, 7) is -2.08. The SMILES string of the molecule is CN1C(=O)[C@@H](N(CC(F)(F)C(F)(F)F)C(=O)C(C)(F)C(N)=O)c2ccccc2-c2ccccc21. The van der Waals surface area contributed by atoms with Gasteiger partial charge >= 0.3 is 12.1 Å². The maximum atomic E-state index is 14.9. The van der Waals surface area contributed by atoms with Crippen LogP contribution in [-0.2, 0) is 14.4 Å². The minimum Gasteiger partial charge on any atom is -0.366 e. The van der Waals surface area contributed by atoms with Crippen LogP contribution in [0.25, 0.3) is 11.1 Å². The van der Waals surface area contributed by atoms with E-state index in [2.05, 4.69) is 0 Å². The minimum atomic E-state index is -6.13. The van der Waals surface area contributed by atoms with Gasteiger partial charge in [0.25, 0.3) is 23.4 Å². The predicted molar refractivity (Wildman–Crippen MR) is 109 cm³/mol. The molecule has 182 valence electrons. The summed E-state index contributed by atoms with van der Waals surface area (Å²) in [5, 5.41) is 0. The van der Waals surface area contributed by atoms with E-state index >= 15 is 0 Å². The first-order valence-corrected chi connectivity index (χ1v) is 9.81. The van der Waals surface area contributed by atoms with Crippen molar-refractivity contribution in [1.82, 2.24) is 4.90 Å². The zero-order chi connectivity index (χ0) is 25.6. The van der Waals surface area contributed by atoms with Gasteiger partial charge in [0, 0.05) is 12.6 Å². The van der Waals surface area contributed by atoms with Crippen LogP contribution >= 0.6 is 0 Å². The Bertz CT molecular complexity index is 1150. The predicted octanol–water partition coefficient (Wildman–Crippen LogP) is 3.61. The Morgan fingerprint density at radius 1 is 0.971 bits per heavy atom. The molecule has 0 aliphatic carbocycles. The topological polar surface area (TPSA) is 83.7 Å². The lowest BCUT2D eigenvalue weighted by atomic mass is 9.93. The summed E-state index contributed by atoms with van der Waals surface area (Å²) in [7, 11) is 1.23. The highest BCUT2D eigenvalue weighted by molar-refractivity contribution is 6.11. The quantitative estimate of drug-likeness (QED) is 0.517. The number of hydrogen-bond acceptors (Lipinski definition) is 3. The number of benzene rings is 2. The van der Waals surface area contributed by atoms with E-state index < -0.39 is 48.1 Å². The van der Waals surface area contributed by atoms with E-state index in [4.69, 9.17) is 5.73 Å². The molecule has 0 saturated carbocycles. The summed E-state index contributed by atoms with van der Waals surface area (Å²) >= 11 is 0. The average Bonchev–Trinajstić information content (AvgIpc) is 2.85. The van der Waals surface area contributed by atoms with Crippen LogP contribution in [0.3, 0.4) is 0 Å². The molecule has 2 N–H and O–H groups in total. The number of nitrogens with two attached hydrogens (primary N) is 1. The molecule has 3 amide bonds. The maximum Gasteiger partial charge on any atom is 0.455 e. The summed E-state index contributed by atoms with van der Waals surface area (Å²) in [5.41, 5.74) is 2.02. The fourth-order valence-corrected chi connectivity index (χ4v) is 3.67. The largest absolute Gasteiger partial charge is 0.455 e. The molecule has 3 rings (SSSR count). The number of rotatable bonds is 5. The number of anilines is 1. The number of amides is 3. The van der Waals surface area contributed by atoms with Crippen LogP contribution in [0.15, 0.2) is 48.5 Å². The summed E-state index contributed by atoms with van der Waals surface area (Å²) < 4.78 is 82.5. The average molecular weight is 487 g/mol. The van der Waals surface area contributed by atoms with Gasteiger partial charge in [-0.1, -0.05) is 42.5 Å². The highest BCUT2D eigenvalue weighted by atomic mass is 19.4. The molecule has 1 unspecified atom stereocenters. The van der Waals surface area contributed by atoms with Crippen LogP contribution in [0.2, 0.25) is 0 Å². The van der Waals surface area contributed by atoms with Crippen LogP contribution < -0.4 is 10.6 Å². The molecule has 0 saturated heterocycles. The zero-order valence-corrected chi connectivity index (χ0v) is 17.9. The molecule has 0 fully saturated rings. The van der Waals surface area contributed by atoms with E-state index in [0.717, 1.165) is 4.90 Å². The highest BCUT2D eigenvalue weighted by Crippen LogP contribution is 2.44. The molecule has 12 heteroatoms. The normalized spacial score (nSPS) is 17.8. The monoisotopic (exact) mass is 487 g/mol. The van der Waals surface area contributed by atoms with Crippen LogP contribution in [0, 0.1) is 0 Å². The number of carbonyl (C=O) groups is 3. The second-order valence-corrected chi connectivity index (χ2v) is 7.91. The molecule has 6 nitrogen and oxygen atoms in total. The van der Waals surface area contributed by atoms with Crippen LogP contribution in [-0.4, -0.2) is 54.0 Å². The third-order valence-corrected chi connectivity index (χ3v) is 5.60. The van der Waals surface area contributed by atoms with Gasteiger partial charge < -0.3 is 15.5 Å². The van der Waals surface area contributed by atoms with Gasteiger partial charge in [0.05, 0.1) is 12.2 Å². The third-order valence-electron chi connectivity index (χ3n) is 5.60. The van der Waals surface area contributed by atoms with Crippen molar-refractivity contribution in [2.75, 3.05) is 18.5 Å². The first kappa shape index (κ1) is 25.1. The van der Waals surface area contributed by atoms with E-state index in [9.17, 15) is 40.7 Å². The van der Waals surface area contributed by atoms with Crippen molar-refractivity contribution in [3.63, 3.8) is 0 Å². The number of carbonyl (C=O) groups excluding carboxylic acids is 3. The number of primary amides is 1. The lowest BCUT2D eigenvalue weighted by Crippen LogP contribution is -2.59. The van der Waals surface area contributed by atoms with Crippen molar-refractivity contribution in [1.29, 1.82) is 0 Å². The number of para-hydroxylation sites is 1. The molecule has 2 atom stereocenters. The smallest absolute Gasteiger partial charge is 0.366 e. The molecule has 0 bridgehead atoms. The number of fused-ring (bicyclic) bond motifs is 3. The Hall–Kier alpha value is -3.57. The van der Waals surface area contributed by atoms with Gasteiger partial charge in [-0.2, -0.15) is 22.0 Å². The van der Waals surface area contributed by atoms with Gasteiger partial charge in [0.1, 0.15) is 6.04 Å². The number of alkyl halides is 6. The number of hydrogen-bond donors (Lipinski definition) is 1. The molecule has 34 heavy (non-hydrogen) atoms. The van der Waals surface area contributed by atoms with Crippen LogP contribution in [0.5, 0.6) is 0 Å². The highest BCUT2D eigenvalue weighted by Gasteiger charge is 2.61. The van der Waals surface area contributed by atoms with Crippen molar-refractivity contribution in [2.45, 2.75) is 30.7 Å². The van der Waals surface area contributed by atoms with Gasteiger partial charge in [-0.3, -0.25) is 14.4 Å². The standard InChI is InChI=1S/C22H19F6N3O3/c1-20(23,18(29)33)19(34)31(11-21(24,25)22(26,27)28)16-14-9-4-3-7-12(14)13-8-5-6-10-15(13)30(2)17(16)32/h3-10,16H,11H2,1-2H3,(H2,29,33)/t16-,20?/m0/s1. The molecule has 1 heterocycles. The minimum absolute atomic E-state index is 0.129. The van der Waals surface area contributed by atoms with E-state index in [1.807, 2.05) is 0 Å². The third kappa shape index (κ3) is 4.08. The Kier molecular flexibility index (Phi) is 6.14. The summed E-state index contributed by atoms with van der Waals surface area (Å²) in [6.07, 6.45) is -6.13. The Morgan fingerprint density at radius 3 is 2.06 bits per heavy atom. The van der Waals surface area contributed by atoms with Gasteiger partial charge in [0.15, 0.2) is 0 Å². The molecule has 2 aromatic rings. The number of halogens is 6. The summed E-state index contributed by atoms with van der Waals surface area (Å²) in [5.74, 6) is -10.6. The first-order valence-electron chi connectivity index (χ1n) is 9.81. The second kappa shape index (κ2) is 8.33. The van der Waals surface area contributed by atoms with Gasteiger partial charge in [-0.15, -0.1) is 0 Å². The van der Waals surface area contributed by atoms with Crippen molar-refractivity contribution in [2.24, 2.45) is 5.73 Å². The molecule has 1 aliphatic rings. The van der Waals surface area contributed by atoms with E-state index in [-0.39, 0.29) is 21.7 Å². The van der Waals surface area contributed by atoms with Crippen molar-refractivity contribution < 1.29 is 40.7 Å². The second-order valence-electron chi connectivity index (χ2n) is 7.91. The van der Waals surface area contributed by atoms with Crippen molar-refractivity contribution >= 4 is 23.4 Å². The lowest BCUT2D eigenvalue weighted by molar-refractivity contribution is -0.286. The molecule has 0 aromatic heterocycles. The molecule has 0 radical (unpaired) electrons. The fraction of sp³-hybridized carbons (Fsp3) is 0.318. The van der Waals surface area contributed by atoms with E-state index in [1.165, 1.54) is 37.4 Å². The lowest BCUT2D eigenvalue weighted by Gasteiger charge is -2.37. The molecule has 2 aromatic carbocycles. The van der Waals surface area contributed by atoms with Gasteiger partial charge in [0.2, 0.25) is 0 Å². The molecular weight excluding hydrogens is 468 g/mol. The van der Waals surface area contributed by atoms with E-state index in [0.29, 0.717) is 12.5 Å². The Morgan fingerprint density at radius 2 is 1.50 bits per heavy atom. The summed E-state index contributed by atoms with van der Waals surface area (Å²) in [6, 6.07) is 9.77. The fourth-order valence-electron chi connectivity index (χ4n) is 3.67. The Balaban J connectivity index is 2.29. The zero-order valence-electron chi connectivity index (χ0n) is 17.9. The first-order chi connectivity index (χ1) is 15.6. The van der Waals surface area contributed by atoms with Crippen LogP contribution in [0.4, 0.5) is 32.0 Å². The van der Waals surface area contributed by atoms with E-state index in [1.54, 1.807) is 18.2 Å². The maximum absolute atomic E-state index is 14.9. The molecule has 1 aliphatic heterocycles.